The minimum Gasteiger partial charge on any atom is -0.508 e. The summed E-state index contributed by atoms with van der Waals surface area (Å²) >= 11 is 1.57. The van der Waals surface area contributed by atoms with Gasteiger partial charge in [0.05, 0.1) is 16.8 Å². The second-order valence-electron chi connectivity index (χ2n) is 5.89. The second-order valence-corrected chi connectivity index (χ2v) is 6.89. The van der Waals surface area contributed by atoms with E-state index in [9.17, 15) is 5.11 Å². The van der Waals surface area contributed by atoms with Crippen LogP contribution >= 0.6 is 11.3 Å². The van der Waals surface area contributed by atoms with Gasteiger partial charge in [-0.15, -0.1) is 0 Å². The zero-order valence-corrected chi connectivity index (χ0v) is 15.2. The van der Waals surface area contributed by atoms with Crippen molar-refractivity contribution in [3.63, 3.8) is 0 Å². The Labute approximate surface area is 161 Å². The number of hydrogen-bond acceptors (Lipinski definition) is 5. The molecule has 0 spiro atoms. The number of thiazole rings is 1. The summed E-state index contributed by atoms with van der Waals surface area (Å²) in [4.78, 5) is 5.86. The minimum absolute atomic E-state index is 0.236. The van der Waals surface area contributed by atoms with Gasteiger partial charge in [-0.1, -0.05) is 72.0 Å². The largest absolute Gasteiger partial charge is 0.508 e. The molecule has 4 rings (SSSR count). The molecule has 27 heavy (non-hydrogen) atoms. The first kappa shape index (κ1) is 17.0. The number of hydrazone groups is 1. The van der Waals surface area contributed by atoms with Gasteiger partial charge in [0.1, 0.15) is 5.75 Å². The fourth-order valence-corrected chi connectivity index (χ4v) is 3.61. The number of rotatable bonds is 5. The smallest absolute Gasteiger partial charge is 0.204 e. The summed E-state index contributed by atoms with van der Waals surface area (Å²) in [6, 6.07) is 27.2. The number of phenolic OH excluding ortho intramolecular Hbond substituents is 1. The van der Waals surface area contributed by atoms with E-state index in [1.807, 2.05) is 36.4 Å². The van der Waals surface area contributed by atoms with Gasteiger partial charge in [-0.25, -0.2) is 4.98 Å². The van der Waals surface area contributed by atoms with Gasteiger partial charge in [0.25, 0.3) is 0 Å². The van der Waals surface area contributed by atoms with Crippen molar-refractivity contribution in [1.29, 1.82) is 0 Å². The fourth-order valence-electron chi connectivity index (χ4n) is 2.67. The molecule has 132 valence electrons. The molecule has 0 bridgehead atoms. The standard InChI is InChI=1S/C22H17N3OS/c26-19-13-11-16(12-14-19)15-23-25-22-24-20(17-7-3-1-4-8-17)21(27-22)18-9-5-2-6-10-18/h1-15,26H,(H,24,25)/b23-15+. The highest BCUT2D eigenvalue weighted by atomic mass is 32.1. The number of aromatic nitrogens is 1. The number of nitrogens with one attached hydrogen (secondary N) is 1. The molecular weight excluding hydrogens is 354 g/mol. The van der Waals surface area contributed by atoms with E-state index in [1.165, 1.54) is 0 Å². The molecule has 0 atom stereocenters. The lowest BCUT2D eigenvalue weighted by Crippen LogP contribution is -1.90. The summed E-state index contributed by atoms with van der Waals surface area (Å²) in [5.74, 6) is 0.236. The van der Waals surface area contributed by atoms with Crippen LogP contribution in [-0.2, 0) is 0 Å². The topological polar surface area (TPSA) is 57.5 Å². The van der Waals surface area contributed by atoms with Gasteiger partial charge in [0.15, 0.2) is 0 Å². The summed E-state index contributed by atoms with van der Waals surface area (Å²) in [5.41, 5.74) is 7.05. The Morgan fingerprint density at radius 1 is 0.815 bits per heavy atom. The fraction of sp³-hybridized carbons (Fsp3) is 0. The van der Waals surface area contributed by atoms with Gasteiger partial charge in [-0.2, -0.15) is 5.10 Å². The van der Waals surface area contributed by atoms with Crippen molar-refractivity contribution in [2.45, 2.75) is 0 Å². The molecule has 4 aromatic rings. The summed E-state index contributed by atoms with van der Waals surface area (Å²) < 4.78 is 0. The first-order chi connectivity index (χ1) is 13.3. The van der Waals surface area contributed by atoms with Gasteiger partial charge in [0.2, 0.25) is 5.13 Å². The van der Waals surface area contributed by atoms with Crippen LogP contribution in [0.1, 0.15) is 5.56 Å². The SMILES string of the molecule is Oc1ccc(/C=N/Nc2nc(-c3ccccc3)c(-c3ccccc3)s2)cc1. The Hall–Kier alpha value is -3.44. The summed E-state index contributed by atoms with van der Waals surface area (Å²) in [5, 5.41) is 14.3. The minimum atomic E-state index is 0.236. The van der Waals surface area contributed by atoms with Crippen molar-refractivity contribution >= 4 is 22.7 Å². The van der Waals surface area contributed by atoms with Crippen LogP contribution in [0.2, 0.25) is 0 Å². The average molecular weight is 371 g/mol. The van der Waals surface area contributed by atoms with Gasteiger partial charge in [-0.05, 0) is 35.4 Å². The van der Waals surface area contributed by atoms with E-state index in [0.29, 0.717) is 0 Å². The van der Waals surface area contributed by atoms with E-state index in [0.717, 1.165) is 32.4 Å². The van der Waals surface area contributed by atoms with E-state index < -0.39 is 0 Å². The van der Waals surface area contributed by atoms with E-state index in [1.54, 1.807) is 41.8 Å². The molecule has 3 aromatic carbocycles. The predicted octanol–water partition coefficient (Wildman–Crippen LogP) is 5.63. The molecule has 4 nitrogen and oxygen atoms in total. The third-order valence-corrected chi connectivity index (χ3v) is 4.99. The van der Waals surface area contributed by atoms with Crippen LogP contribution in [0.25, 0.3) is 21.7 Å². The van der Waals surface area contributed by atoms with Crippen molar-refractivity contribution in [2.75, 3.05) is 5.43 Å². The number of benzene rings is 3. The molecule has 0 saturated heterocycles. The van der Waals surface area contributed by atoms with E-state index in [4.69, 9.17) is 4.98 Å². The van der Waals surface area contributed by atoms with Gasteiger partial charge < -0.3 is 5.11 Å². The van der Waals surface area contributed by atoms with Crippen LogP contribution in [0.15, 0.2) is 90.0 Å². The maximum absolute atomic E-state index is 9.34. The molecule has 1 aromatic heterocycles. The molecule has 0 aliphatic rings. The summed E-state index contributed by atoms with van der Waals surface area (Å²) in [7, 11) is 0. The summed E-state index contributed by atoms with van der Waals surface area (Å²) in [6.45, 7) is 0. The quantitative estimate of drug-likeness (QED) is 0.353. The van der Waals surface area contributed by atoms with Crippen LogP contribution in [0.3, 0.4) is 0 Å². The Bertz CT molecular complexity index is 985. The molecule has 5 heteroatoms. The zero-order chi connectivity index (χ0) is 18.5. The van der Waals surface area contributed by atoms with Crippen LogP contribution < -0.4 is 5.43 Å². The van der Waals surface area contributed by atoms with Crippen LogP contribution in [0.5, 0.6) is 5.75 Å². The maximum atomic E-state index is 9.34. The zero-order valence-electron chi connectivity index (χ0n) is 14.4. The van der Waals surface area contributed by atoms with E-state index in [2.05, 4.69) is 34.8 Å². The van der Waals surface area contributed by atoms with Crippen molar-refractivity contribution < 1.29 is 5.11 Å². The lowest BCUT2D eigenvalue weighted by Gasteiger charge is -2.02. The number of phenols is 1. The Morgan fingerprint density at radius 3 is 2.11 bits per heavy atom. The van der Waals surface area contributed by atoms with Gasteiger partial charge in [0, 0.05) is 5.56 Å². The molecule has 0 amide bonds. The van der Waals surface area contributed by atoms with Gasteiger partial charge >= 0.3 is 0 Å². The Kier molecular flexibility index (Phi) is 4.94. The first-order valence-electron chi connectivity index (χ1n) is 8.49. The van der Waals surface area contributed by atoms with Gasteiger partial charge in [-0.3, -0.25) is 5.43 Å². The molecule has 0 saturated carbocycles. The first-order valence-corrected chi connectivity index (χ1v) is 9.31. The van der Waals surface area contributed by atoms with Crippen molar-refractivity contribution in [3.05, 3.63) is 90.5 Å². The van der Waals surface area contributed by atoms with Crippen LogP contribution in [0, 0.1) is 0 Å². The molecule has 0 aliphatic carbocycles. The monoisotopic (exact) mass is 371 g/mol. The number of anilines is 1. The molecule has 2 N–H and O–H groups in total. The number of aromatic hydroxyl groups is 1. The third-order valence-electron chi connectivity index (χ3n) is 3.98. The van der Waals surface area contributed by atoms with Crippen molar-refractivity contribution in [3.8, 4) is 27.4 Å². The maximum Gasteiger partial charge on any atom is 0.204 e. The molecule has 0 unspecified atom stereocenters. The van der Waals surface area contributed by atoms with Crippen molar-refractivity contribution in [1.82, 2.24) is 4.98 Å². The molecule has 0 radical (unpaired) electrons. The Balaban J connectivity index is 1.64. The highest BCUT2D eigenvalue weighted by Crippen LogP contribution is 2.38. The normalized spacial score (nSPS) is 11.0. The molecular formula is C22H17N3OS. The molecule has 0 aliphatic heterocycles. The second kappa shape index (κ2) is 7.85. The van der Waals surface area contributed by atoms with Crippen molar-refractivity contribution in [2.24, 2.45) is 5.10 Å². The van der Waals surface area contributed by atoms with Crippen LogP contribution in [-0.4, -0.2) is 16.3 Å². The lowest BCUT2D eigenvalue weighted by molar-refractivity contribution is 0.475. The number of hydrogen-bond donors (Lipinski definition) is 2. The Morgan fingerprint density at radius 2 is 1.44 bits per heavy atom. The van der Waals surface area contributed by atoms with Crippen LogP contribution in [0.4, 0.5) is 5.13 Å². The van der Waals surface area contributed by atoms with E-state index >= 15 is 0 Å². The summed E-state index contributed by atoms with van der Waals surface area (Å²) in [6.07, 6.45) is 1.70. The third kappa shape index (κ3) is 4.04. The highest BCUT2D eigenvalue weighted by molar-refractivity contribution is 7.19. The predicted molar refractivity (Wildman–Crippen MR) is 112 cm³/mol. The lowest BCUT2D eigenvalue weighted by atomic mass is 10.1. The average Bonchev–Trinajstić information content (AvgIpc) is 3.15. The highest BCUT2D eigenvalue weighted by Gasteiger charge is 2.14. The van der Waals surface area contributed by atoms with E-state index in [-0.39, 0.29) is 5.75 Å². The molecule has 1 heterocycles. The molecule has 0 fully saturated rings. The number of nitrogens with zero attached hydrogens (tertiary/aromatic N) is 2.